The molecule has 5 nitrogen and oxygen atoms in total. The second-order valence-corrected chi connectivity index (χ2v) is 22.0. The van der Waals surface area contributed by atoms with Crippen LogP contribution >= 0.6 is 0 Å². The van der Waals surface area contributed by atoms with Gasteiger partial charge in [0.15, 0.2) is 0 Å². The van der Waals surface area contributed by atoms with Crippen molar-refractivity contribution in [3.05, 3.63) is 216 Å². The lowest BCUT2D eigenvalue weighted by Gasteiger charge is -2.29. The first-order chi connectivity index (χ1) is 37.8. The van der Waals surface area contributed by atoms with Gasteiger partial charge in [-0.3, -0.25) is 4.57 Å². The predicted octanol–water partition coefficient (Wildman–Crippen LogP) is 18.4. The Hall–Kier alpha value is -7.89. The van der Waals surface area contributed by atoms with Crippen molar-refractivity contribution >= 4 is 44.6 Å². The summed E-state index contributed by atoms with van der Waals surface area (Å²) in [5, 5.41) is 2.23. The van der Waals surface area contributed by atoms with Crippen molar-refractivity contribution in [1.82, 2.24) is 9.55 Å². The van der Waals surface area contributed by atoms with Gasteiger partial charge in [-0.05, 0) is 122 Å². The van der Waals surface area contributed by atoms with Gasteiger partial charge in [-0.1, -0.05) is 184 Å². The number of hydrogen-bond donors (Lipinski definition) is 0. The van der Waals surface area contributed by atoms with Crippen LogP contribution in [0.25, 0.3) is 61.0 Å². The summed E-state index contributed by atoms with van der Waals surface area (Å²) in [4.78, 5) is 9.46. The summed E-state index contributed by atoms with van der Waals surface area (Å²) in [7, 11) is 0. The van der Waals surface area contributed by atoms with Crippen LogP contribution in [0.5, 0.6) is 11.5 Å². The lowest BCUT2D eigenvalue weighted by Crippen LogP contribution is -2.25. The maximum absolute atomic E-state index is 9.99. The van der Waals surface area contributed by atoms with Crippen molar-refractivity contribution in [2.24, 2.45) is 0 Å². The molecule has 0 saturated carbocycles. The number of fused-ring (bicyclic) bond motifs is 4. The number of rotatable bonds is 8. The zero-order valence-corrected chi connectivity index (χ0v) is 42.5. The monoisotopic (exact) mass is 949 g/mol. The minimum atomic E-state index is -2.80. The van der Waals surface area contributed by atoms with E-state index in [2.05, 4.69) is 174 Å². The molecule has 0 atom stereocenters. The van der Waals surface area contributed by atoms with E-state index in [1.54, 1.807) is 12.1 Å². The zero-order chi connectivity index (χ0) is 57.0. The summed E-state index contributed by atoms with van der Waals surface area (Å²) in [6.07, 6.45) is 1.89. The number of nitrogens with zero attached hydrogens (tertiary/aromatic N) is 4. The highest BCUT2D eigenvalue weighted by Crippen LogP contribution is 2.51. The van der Waals surface area contributed by atoms with Crippen LogP contribution in [0.15, 0.2) is 194 Å². The highest BCUT2D eigenvalue weighted by atomic mass is 16.5. The van der Waals surface area contributed by atoms with Crippen molar-refractivity contribution in [2.45, 2.75) is 85.4 Å². The van der Waals surface area contributed by atoms with Crippen LogP contribution in [0, 0.1) is 6.85 Å². The Morgan fingerprint density at radius 3 is 1.89 bits per heavy atom. The lowest BCUT2D eigenvalue weighted by molar-refractivity contribution is 0.483. The normalized spacial score (nSPS) is 14.8. The van der Waals surface area contributed by atoms with Gasteiger partial charge >= 0.3 is 0 Å². The summed E-state index contributed by atoms with van der Waals surface area (Å²) in [6.45, 7) is 17.2. The van der Waals surface area contributed by atoms with Crippen molar-refractivity contribution in [3.8, 4) is 50.7 Å². The number of benzene rings is 8. The highest BCUT2D eigenvalue weighted by molar-refractivity contribution is 6.09. The smallest absolute Gasteiger partial charge is 0.137 e. The molecular weight excluding hydrogens is 877 g/mol. The van der Waals surface area contributed by atoms with Gasteiger partial charge in [0.05, 0.1) is 34.9 Å². The molecule has 3 heterocycles. The van der Waals surface area contributed by atoms with E-state index < -0.39 is 36.6 Å². The SMILES string of the molecule is [2H]c1c(-c2cccc(-c3ccc(-c4c([2H])c([2H])c([2H])c([2H])c4C([2H])([2H])[2H])cc3)c2N2CN(c3cccc(Oc4ccc5c6ccccc6n(-c6cc(C(C)(C)C)ccn6)c5c4)c3)c3ccccc32)cc(C(C)(C)C)cc1C(C)(C)C. The molecule has 0 saturated heterocycles. The first-order valence-electron chi connectivity index (χ1n) is 28.7. The fourth-order valence-corrected chi connectivity index (χ4v) is 9.93. The van der Waals surface area contributed by atoms with E-state index in [1.807, 2.05) is 54.7 Å². The third-order valence-electron chi connectivity index (χ3n) is 13.9. The number of pyridine rings is 1. The van der Waals surface area contributed by atoms with Crippen LogP contribution in [0.2, 0.25) is 0 Å². The highest BCUT2D eigenvalue weighted by Gasteiger charge is 2.32. The molecule has 1 aliphatic heterocycles. The van der Waals surface area contributed by atoms with E-state index in [0.29, 0.717) is 29.8 Å². The van der Waals surface area contributed by atoms with Gasteiger partial charge in [-0.15, -0.1) is 0 Å². The van der Waals surface area contributed by atoms with Crippen LogP contribution in [-0.4, -0.2) is 16.2 Å². The summed E-state index contributed by atoms with van der Waals surface area (Å²) in [5.74, 6) is 2.18. The molecule has 0 fully saturated rings. The predicted molar refractivity (Wildman–Crippen MR) is 304 cm³/mol. The van der Waals surface area contributed by atoms with Crippen LogP contribution in [-0.2, 0) is 16.2 Å². The molecule has 358 valence electrons. The Kier molecular flexibility index (Phi) is 9.34. The molecular formula is C67H64N4O. The summed E-state index contributed by atoms with van der Waals surface area (Å²) in [6, 6.07) is 51.5. The van der Waals surface area contributed by atoms with E-state index in [-0.39, 0.29) is 21.8 Å². The third kappa shape index (κ3) is 8.61. The van der Waals surface area contributed by atoms with Crippen molar-refractivity contribution < 1.29 is 15.7 Å². The fourth-order valence-electron chi connectivity index (χ4n) is 9.93. The number of anilines is 4. The average molecular weight is 949 g/mol. The minimum absolute atomic E-state index is 0.0534. The van der Waals surface area contributed by atoms with E-state index in [0.717, 1.165) is 83.8 Å². The van der Waals surface area contributed by atoms with Gasteiger partial charge in [0.25, 0.3) is 0 Å². The van der Waals surface area contributed by atoms with Crippen molar-refractivity contribution in [2.75, 3.05) is 16.5 Å². The van der Waals surface area contributed by atoms with E-state index in [4.69, 9.17) is 19.3 Å². The van der Waals surface area contributed by atoms with E-state index in [1.165, 1.54) is 5.56 Å². The molecule has 0 bridgehead atoms. The molecule has 5 heteroatoms. The topological polar surface area (TPSA) is 33.5 Å². The molecule has 0 N–H and O–H groups in total. The number of ether oxygens (including phenoxy) is 1. The van der Waals surface area contributed by atoms with Crippen LogP contribution in [0.4, 0.5) is 22.7 Å². The molecule has 0 unspecified atom stereocenters. The van der Waals surface area contributed by atoms with Gasteiger partial charge in [-0.2, -0.15) is 0 Å². The molecule has 8 aromatic carbocycles. The molecule has 2 aromatic heterocycles. The first-order valence-corrected chi connectivity index (χ1v) is 24.7. The van der Waals surface area contributed by atoms with E-state index in [9.17, 15) is 1.37 Å². The Morgan fingerprint density at radius 1 is 0.514 bits per heavy atom. The maximum Gasteiger partial charge on any atom is 0.137 e. The van der Waals surface area contributed by atoms with Crippen molar-refractivity contribution in [3.63, 3.8) is 0 Å². The first kappa shape index (κ1) is 37.9. The van der Waals surface area contributed by atoms with Gasteiger partial charge in [-0.25, -0.2) is 4.98 Å². The minimum Gasteiger partial charge on any atom is -0.457 e. The molecule has 0 radical (unpaired) electrons. The van der Waals surface area contributed by atoms with Crippen molar-refractivity contribution in [1.29, 1.82) is 0 Å². The largest absolute Gasteiger partial charge is 0.457 e. The molecule has 1 aliphatic rings. The molecule has 10 aromatic rings. The number of para-hydroxylation sites is 4. The Morgan fingerprint density at radius 2 is 1.15 bits per heavy atom. The summed E-state index contributed by atoms with van der Waals surface area (Å²) < 4.78 is 78.4. The standard InChI is InChI=1S/C67H64N4O/c1-44-19-11-12-22-54(44)45-29-31-46(32-30-45)55-24-18-25-56(47-37-49(66(5,6)7)39-50(38-47)67(8,9)10)64(55)70-43-69(60-27-15-16-28-61(60)70)51-20-17-21-52(41-51)72-53-33-34-58-57-23-13-14-26-59(57)71(62(58)42-53)63-40-48(35-36-68-63)65(2,3)4/h11-42H,43H2,1-10H3/i1D3,11D,12D,19D,22D,37D. The quantitative estimate of drug-likeness (QED) is 0.152. The molecule has 0 aliphatic carbocycles. The van der Waals surface area contributed by atoms with E-state index >= 15 is 0 Å². The maximum atomic E-state index is 9.99. The second-order valence-electron chi connectivity index (χ2n) is 22.0. The average Bonchev–Trinajstić information content (AvgIpc) is 3.97. The molecule has 0 amide bonds. The zero-order valence-electron chi connectivity index (χ0n) is 50.5. The molecule has 11 rings (SSSR count). The van der Waals surface area contributed by atoms with Gasteiger partial charge in [0.2, 0.25) is 0 Å². The Balaban J connectivity index is 1.04. The van der Waals surface area contributed by atoms with Gasteiger partial charge < -0.3 is 14.5 Å². The van der Waals surface area contributed by atoms with Gasteiger partial charge in [0, 0.05) is 50.0 Å². The Bertz CT molecular complexity index is 4090. The van der Waals surface area contributed by atoms with Crippen LogP contribution < -0.4 is 14.5 Å². The summed E-state index contributed by atoms with van der Waals surface area (Å²) >= 11 is 0. The number of hydrogen-bond acceptors (Lipinski definition) is 4. The van der Waals surface area contributed by atoms with Gasteiger partial charge in [0.1, 0.15) is 24.0 Å². The van der Waals surface area contributed by atoms with Crippen LogP contribution in [0.1, 0.15) is 95.5 Å². The van der Waals surface area contributed by atoms with Crippen LogP contribution in [0.3, 0.4) is 0 Å². The molecule has 0 spiro atoms. The second kappa shape index (κ2) is 17.8. The lowest BCUT2D eigenvalue weighted by atomic mass is 9.78. The summed E-state index contributed by atoms with van der Waals surface area (Å²) in [5.41, 5.74) is 11.5. The Labute approximate surface area is 437 Å². The number of aromatic nitrogens is 2. The molecule has 72 heavy (non-hydrogen) atoms. The third-order valence-corrected chi connectivity index (χ3v) is 13.9. The fraction of sp³-hybridized carbons (Fsp3) is 0.209.